The molecule has 18 heavy (non-hydrogen) atoms. The fourth-order valence-corrected chi connectivity index (χ4v) is 1.72. The molecule has 0 bridgehead atoms. The minimum atomic E-state index is -0.682. The predicted molar refractivity (Wildman–Crippen MR) is 65.6 cm³/mol. The van der Waals surface area contributed by atoms with Gasteiger partial charge in [0.2, 0.25) is 0 Å². The van der Waals surface area contributed by atoms with E-state index in [4.69, 9.17) is 16.3 Å². The van der Waals surface area contributed by atoms with Crippen LogP contribution in [0.2, 0.25) is 5.15 Å². The van der Waals surface area contributed by atoms with E-state index >= 15 is 0 Å². The topological polar surface area (TPSA) is 39.2 Å². The van der Waals surface area contributed by atoms with Gasteiger partial charge in [-0.05, 0) is 24.3 Å². The van der Waals surface area contributed by atoms with E-state index in [1.54, 1.807) is 6.07 Å². The van der Waals surface area contributed by atoms with Crippen LogP contribution in [0.15, 0.2) is 36.5 Å². The third-order valence-corrected chi connectivity index (χ3v) is 2.62. The Morgan fingerprint density at radius 2 is 2.17 bits per heavy atom. The number of aromatic nitrogens is 1. The van der Waals surface area contributed by atoms with E-state index in [-0.39, 0.29) is 22.0 Å². The zero-order valence-corrected chi connectivity index (χ0v) is 10.2. The summed E-state index contributed by atoms with van der Waals surface area (Å²) in [5, 5.41) is 0.184. The van der Waals surface area contributed by atoms with E-state index in [1.165, 1.54) is 37.6 Å². The third kappa shape index (κ3) is 2.33. The number of nitrogens with zero attached hydrogens (tertiary/aromatic N) is 1. The van der Waals surface area contributed by atoms with E-state index < -0.39 is 11.6 Å². The Hall–Kier alpha value is -1.94. The number of ketones is 1. The van der Waals surface area contributed by atoms with Crippen LogP contribution < -0.4 is 4.74 Å². The lowest BCUT2D eigenvalue weighted by Gasteiger charge is -2.06. The van der Waals surface area contributed by atoms with Gasteiger partial charge in [0.25, 0.3) is 0 Å². The molecular weight excluding hydrogens is 257 g/mol. The Labute approximate surface area is 108 Å². The number of methoxy groups -OCH3 is 1. The largest absolute Gasteiger partial charge is 0.494 e. The Balaban J connectivity index is 2.46. The highest BCUT2D eigenvalue weighted by Crippen LogP contribution is 2.22. The molecule has 0 unspecified atom stereocenters. The fourth-order valence-electron chi connectivity index (χ4n) is 1.54. The number of halogens is 2. The molecule has 1 aromatic heterocycles. The molecule has 0 N–H and O–H groups in total. The van der Waals surface area contributed by atoms with E-state index in [0.29, 0.717) is 0 Å². The highest BCUT2D eigenvalue weighted by atomic mass is 35.5. The summed E-state index contributed by atoms with van der Waals surface area (Å²) in [5.41, 5.74) is 0.221. The molecule has 0 saturated heterocycles. The third-order valence-electron chi connectivity index (χ3n) is 2.42. The van der Waals surface area contributed by atoms with Crippen molar-refractivity contribution < 1.29 is 13.9 Å². The van der Waals surface area contributed by atoms with Gasteiger partial charge in [-0.1, -0.05) is 17.7 Å². The van der Waals surface area contributed by atoms with Crippen molar-refractivity contribution in [1.82, 2.24) is 4.98 Å². The average molecular weight is 266 g/mol. The number of ether oxygens (including phenoxy) is 1. The first-order chi connectivity index (χ1) is 8.63. The molecule has 0 radical (unpaired) electrons. The van der Waals surface area contributed by atoms with Gasteiger partial charge < -0.3 is 4.74 Å². The second-order valence-electron chi connectivity index (χ2n) is 3.52. The van der Waals surface area contributed by atoms with E-state index in [9.17, 15) is 9.18 Å². The van der Waals surface area contributed by atoms with Crippen molar-refractivity contribution in [3.05, 3.63) is 58.6 Å². The molecular formula is C13H9ClFNO2. The van der Waals surface area contributed by atoms with E-state index in [2.05, 4.69) is 4.98 Å². The summed E-state index contributed by atoms with van der Waals surface area (Å²) in [6.45, 7) is 0. The number of hydrogen-bond acceptors (Lipinski definition) is 3. The van der Waals surface area contributed by atoms with Gasteiger partial charge >= 0.3 is 0 Å². The normalized spacial score (nSPS) is 10.2. The summed E-state index contributed by atoms with van der Waals surface area (Å²) in [4.78, 5) is 15.9. The summed E-state index contributed by atoms with van der Waals surface area (Å²) < 4.78 is 18.7. The van der Waals surface area contributed by atoms with Crippen molar-refractivity contribution in [2.24, 2.45) is 0 Å². The molecule has 0 amide bonds. The van der Waals surface area contributed by atoms with Crippen LogP contribution in [0.4, 0.5) is 4.39 Å². The number of hydrogen-bond donors (Lipinski definition) is 0. The Morgan fingerprint density at radius 1 is 1.39 bits per heavy atom. The summed E-state index contributed by atoms with van der Waals surface area (Å²) in [5.74, 6) is -1.12. The maximum absolute atomic E-state index is 13.9. The molecule has 1 aromatic carbocycles. The smallest absolute Gasteiger partial charge is 0.196 e. The second-order valence-corrected chi connectivity index (χ2v) is 3.91. The van der Waals surface area contributed by atoms with Crippen LogP contribution in [0.1, 0.15) is 15.9 Å². The number of pyridine rings is 1. The van der Waals surface area contributed by atoms with Crippen LogP contribution in [-0.4, -0.2) is 17.9 Å². The zero-order valence-electron chi connectivity index (χ0n) is 9.48. The van der Waals surface area contributed by atoms with Crippen molar-refractivity contribution in [3.63, 3.8) is 0 Å². The molecule has 0 aliphatic carbocycles. The molecule has 0 atom stereocenters. The van der Waals surface area contributed by atoms with Gasteiger partial charge in [-0.15, -0.1) is 0 Å². The predicted octanol–water partition coefficient (Wildman–Crippen LogP) is 3.11. The molecule has 3 nitrogen and oxygen atoms in total. The van der Waals surface area contributed by atoms with E-state index in [1.807, 2.05) is 0 Å². The maximum Gasteiger partial charge on any atom is 0.196 e. The molecule has 92 valence electrons. The lowest BCUT2D eigenvalue weighted by Crippen LogP contribution is -2.05. The quantitative estimate of drug-likeness (QED) is 0.632. The Kier molecular flexibility index (Phi) is 3.58. The van der Waals surface area contributed by atoms with E-state index in [0.717, 1.165) is 0 Å². The lowest BCUT2D eigenvalue weighted by atomic mass is 10.0. The number of benzene rings is 1. The molecule has 2 aromatic rings. The SMILES string of the molecule is COc1cccc(C(=O)c2ccnc(Cl)c2)c1F. The first kappa shape index (κ1) is 12.5. The van der Waals surface area contributed by atoms with Crippen LogP contribution >= 0.6 is 11.6 Å². The van der Waals surface area contributed by atoms with Crippen molar-refractivity contribution >= 4 is 17.4 Å². The molecule has 0 spiro atoms. The molecule has 0 fully saturated rings. The van der Waals surface area contributed by atoms with Crippen molar-refractivity contribution in [3.8, 4) is 5.75 Å². The average Bonchev–Trinajstić information content (AvgIpc) is 2.38. The molecule has 1 heterocycles. The van der Waals surface area contributed by atoms with Crippen LogP contribution in [0.25, 0.3) is 0 Å². The second kappa shape index (κ2) is 5.14. The van der Waals surface area contributed by atoms with Crippen LogP contribution in [-0.2, 0) is 0 Å². The fraction of sp³-hybridized carbons (Fsp3) is 0.0769. The highest BCUT2D eigenvalue weighted by Gasteiger charge is 2.17. The Bertz CT molecular complexity index is 601. The lowest BCUT2D eigenvalue weighted by molar-refractivity contribution is 0.103. The zero-order chi connectivity index (χ0) is 13.1. The summed E-state index contributed by atoms with van der Waals surface area (Å²) in [6, 6.07) is 7.27. The van der Waals surface area contributed by atoms with Crippen molar-refractivity contribution in [2.75, 3.05) is 7.11 Å². The number of carbonyl (C=O) groups excluding carboxylic acids is 1. The minimum Gasteiger partial charge on any atom is -0.494 e. The van der Waals surface area contributed by atoms with Gasteiger partial charge in [0.05, 0.1) is 12.7 Å². The standard InChI is InChI=1S/C13H9ClFNO2/c1-18-10-4-2-3-9(12(10)15)13(17)8-5-6-16-11(14)7-8/h2-7H,1H3. The minimum absolute atomic E-state index is 0.0287. The van der Waals surface area contributed by atoms with Gasteiger partial charge in [-0.3, -0.25) is 4.79 Å². The van der Waals surface area contributed by atoms with Gasteiger partial charge in [-0.2, -0.15) is 0 Å². The summed E-state index contributed by atoms with van der Waals surface area (Å²) in [7, 11) is 1.34. The van der Waals surface area contributed by atoms with Crippen LogP contribution in [0.3, 0.4) is 0 Å². The Morgan fingerprint density at radius 3 is 2.83 bits per heavy atom. The molecule has 2 rings (SSSR count). The molecule has 0 saturated carbocycles. The summed E-state index contributed by atoms with van der Waals surface area (Å²) >= 11 is 5.69. The maximum atomic E-state index is 13.9. The first-order valence-electron chi connectivity index (χ1n) is 5.12. The molecule has 0 aliphatic heterocycles. The number of rotatable bonds is 3. The molecule has 0 aliphatic rings. The van der Waals surface area contributed by atoms with Crippen LogP contribution in [0.5, 0.6) is 5.75 Å². The van der Waals surface area contributed by atoms with Crippen LogP contribution in [0, 0.1) is 5.82 Å². The van der Waals surface area contributed by atoms with Gasteiger partial charge in [0.1, 0.15) is 5.15 Å². The monoisotopic (exact) mass is 265 g/mol. The van der Waals surface area contributed by atoms with Gasteiger partial charge in [0.15, 0.2) is 17.3 Å². The summed E-state index contributed by atoms with van der Waals surface area (Å²) in [6.07, 6.45) is 1.40. The highest BCUT2D eigenvalue weighted by molar-refractivity contribution is 6.30. The van der Waals surface area contributed by atoms with Gasteiger partial charge in [-0.25, -0.2) is 9.37 Å². The van der Waals surface area contributed by atoms with Crippen molar-refractivity contribution in [1.29, 1.82) is 0 Å². The van der Waals surface area contributed by atoms with Crippen molar-refractivity contribution in [2.45, 2.75) is 0 Å². The first-order valence-corrected chi connectivity index (χ1v) is 5.50. The van der Waals surface area contributed by atoms with Gasteiger partial charge in [0, 0.05) is 11.8 Å². The number of carbonyl (C=O) groups is 1. The molecule has 5 heteroatoms.